The molecule has 122 valence electrons. The summed E-state index contributed by atoms with van der Waals surface area (Å²) in [5, 5.41) is 8.75. The molecule has 1 heterocycles. The van der Waals surface area contributed by atoms with E-state index in [2.05, 4.69) is 4.90 Å². The van der Waals surface area contributed by atoms with Gasteiger partial charge in [-0.2, -0.15) is 0 Å². The molecule has 1 atom stereocenters. The Hall–Kier alpha value is -1.30. The molecule has 1 unspecified atom stereocenters. The number of ether oxygens (including phenoxy) is 1. The second-order valence-corrected chi connectivity index (χ2v) is 6.64. The number of rotatable bonds is 4. The van der Waals surface area contributed by atoms with E-state index in [1.54, 1.807) is 4.90 Å². The quantitative estimate of drug-likeness (QED) is 0.861. The molecule has 6 heteroatoms. The Bertz CT molecular complexity index is 365. The predicted octanol–water partition coefficient (Wildman–Crippen LogP) is 2.18. The topological polar surface area (TPSA) is 70.1 Å². The van der Waals surface area contributed by atoms with Crippen LogP contribution in [-0.2, 0) is 9.53 Å². The van der Waals surface area contributed by atoms with Crippen LogP contribution >= 0.6 is 0 Å². The lowest BCUT2D eigenvalue weighted by Crippen LogP contribution is -2.40. The maximum absolute atomic E-state index is 12.1. The summed E-state index contributed by atoms with van der Waals surface area (Å²) in [7, 11) is 0. The maximum Gasteiger partial charge on any atom is 0.410 e. The summed E-state index contributed by atoms with van der Waals surface area (Å²) >= 11 is 0. The molecular formula is C15H28N2O4. The number of nitrogens with zero attached hydrogens (tertiary/aromatic N) is 2. The largest absolute Gasteiger partial charge is 0.481 e. The molecule has 1 N–H and O–H groups in total. The van der Waals surface area contributed by atoms with Gasteiger partial charge < -0.3 is 14.7 Å². The first kappa shape index (κ1) is 17.8. The Morgan fingerprint density at radius 1 is 1.19 bits per heavy atom. The normalized spacial score (nSPS) is 19.0. The SMILES string of the molecule is CC(CCC(=O)O)N1CCCN(C(=O)OC(C)(C)C)CC1. The number of carboxylic acid groups (broad SMARTS) is 1. The third-order valence-electron chi connectivity index (χ3n) is 3.58. The lowest BCUT2D eigenvalue weighted by molar-refractivity contribution is -0.137. The number of hydrogen-bond acceptors (Lipinski definition) is 4. The monoisotopic (exact) mass is 300 g/mol. The van der Waals surface area contributed by atoms with Crippen molar-refractivity contribution in [3.8, 4) is 0 Å². The number of carboxylic acids is 1. The van der Waals surface area contributed by atoms with Gasteiger partial charge in [0, 0.05) is 38.6 Å². The molecule has 0 bridgehead atoms. The van der Waals surface area contributed by atoms with Crippen LogP contribution in [0, 0.1) is 0 Å². The van der Waals surface area contributed by atoms with E-state index in [4.69, 9.17) is 9.84 Å². The van der Waals surface area contributed by atoms with Crippen molar-refractivity contribution in [2.45, 2.75) is 58.6 Å². The lowest BCUT2D eigenvalue weighted by atomic mass is 10.1. The highest BCUT2D eigenvalue weighted by Gasteiger charge is 2.25. The molecule has 0 aromatic heterocycles. The number of carbonyl (C=O) groups is 2. The molecule has 0 saturated carbocycles. The fourth-order valence-corrected chi connectivity index (χ4v) is 2.40. The van der Waals surface area contributed by atoms with Gasteiger partial charge in [-0.1, -0.05) is 0 Å². The van der Waals surface area contributed by atoms with Gasteiger partial charge in [-0.05, 0) is 40.5 Å². The third kappa shape index (κ3) is 6.80. The Balaban J connectivity index is 2.46. The average Bonchev–Trinajstić information content (AvgIpc) is 2.59. The lowest BCUT2D eigenvalue weighted by Gasteiger charge is -2.28. The van der Waals surface area contributed by atoms with Gasteiger partial charge in [-0.3, -0.25) is 9.69 Å². The van der Waals surface area contributed by atoms with Gasteiger partial charge in [0.1, 0.15) is 5.60 Å². The van der Waals surface area contributed by atoms with Gasteiger partial charge >= 0.3 is 12.1 Å². The van der Waals surface area contributed by atoms with Gasteiger partial charge in [-0.15, -0.1) is 0 Å². The molecule has 6 nitrogen and oxygen atoms in total. The number of hydrogen-bond donors (Lipinski definition) is 1. The van der Waals surface area contributed by atoms with Crippen molar-refractivity contribution in [1.29, 1.82) is 0 Å². The molecule has 21 heavy (non-hydrogen) atoms. The van der Waals surface area contributed by atoms with Crippen molar-refractivity contribution < 1.29 is 19.4 Å². The Morgan fingerprint density at radius 3 is 2.43 bits per heavy atom. The third-order valence-corrected chi connectivity index (χ3v) is 3.58. The standard InChI is InChI=1S/C15H28N2O4/c1-12(6-7-13(18)19)16-8-5-9-17(11-10-16)14(20)21-15(2,3)4/h12H,5-11H2,1-4H3,(H,18,19). The minimum absolute atomic E-state index is 0.188. The molecule has 1 fully saturated rings. The molecule has 0 aliphatic carbocycles. The van der Waals surface area contributed by atoms with Crippen LogP contribution in [0.2, 0.25) is 0 Å². The minimum atomic E-state index is -0.757. The van der Waals surface area contributed by atoms with E-state index in [9.17, 15) is 9.59 Å². The summed E-state index contributed by atoms with van der Waals surface area (Å²) < 4.78 is 5.40. The molecule has 1 aliphatic heterocycles. The van der Waals surface area contributed by atoms with Gasteiger partial charge in [0.05, 0.1) is 0 Å². The summed E-state index contributed by atoms with van der Waals surface area (Å²) in [5.41, 5.74) is -0.474. The van der Waals surface area contributed by atoms with Gasteiger partial charge in [-0.25, -0.2) is 4.79 Å². The summed E-state index contributed by atoms with van der Waals surface area (Å²) in [5.74, 6) is -0.757. The Labute approximate surface area is 127 Å². The van der Waals surface area contributed by atoms with Crippen LogP contribution < -0.4 is 0 Å². The van der Waals surface area contributed by atoms with Gasteiger partial charge in [0.25, 0.3) is 0 Å². The number of carbonyl (C=O) groups excluding carboxylic acids is 1. The molecule has 1 amide bonds. The van der Waals surface area contributed by atoms with E-state index in [1.165, 1.54) is 0 Å². The fraction of sp³-hybridized carbons (Fsp3) is 0.867. The van der Waals surface area contributed by atoms with E-state index in [-0.39, 0.29) is 18.6 Å². The van der Waals surface area contributed by atoms with Crippen molar-refractivity contribution in [3.05, 3.63) is 0 Å². The van der Waals surface area contributed by atoms with Crippen LogP contribution in [0.15, 0.2) is 0 Å². The molecule has 1 saturated heterocycles. The van der Waals surface area contributed by atoms with E-state index in [0.717, 1.165) is 19.5 Å². The smallest absolute Gasteiger partial charge is 0.410 e. The van der Waals surface area contributed by atoms with Crippen molar-refractivity contribution in [2.24, 2.45) is 0 Å². The van der Waals surface area contributed by atoms with E-state index < -0.39 is 11.6 Å². The summed E-state index contributed by atoms with van der Waals surface area (Å²) in [6.07, 6.45) is 1.45. The second-order valence-electron chi connectivity index (χ2n) is 6.64. The highest BCUT2D eigenvalue weighted by atomic mass is 16.6. The van der Waals surface area contributed by atoms with Crippen molar-refractivity contribution in [1.82, 2.24) is 9.80 Å². The highest BCUT2D eigenvalue weighted by molar-refractivity contribution is 5.68. The predicted molar refractivity (Wildman–Crippen MR) is 80.3 cm³/mol. The summed E-state index contributed by atoms with van der Waals surface area (Å²) in [6, 6.07) is 0.222. The van der Waals surface area contributed by atoms with Crippen LogP contribution in [0.4, 0.5) is 4.79 Å². The Morgan fingerprint density at radius 2 is 1.86 bits per heavy atom. The maximum atomic E-state index is 12.1. The number of amides is 1. The van der Waals surface area contributed by atoms with Gasteiger partial charge in [0.2, 0.25) is 0 Å². The fourth-order valence-electron chi connectivity index (χ4n) is 2.40. The van der Waals surface area contributed by atoms with Crippen LogP contribution in [0.1, 0.15) is 47.0 Å². The molecule has 1 rings (SSSR count). The molecule has 0 spiro atoms. The van der Waals surface area contributed by atoms with E-state index in [0.29, 0.717) is 19.5 Å². The van der Waals surface area contributed by atoms with E-state index in [1.807, 2.05) is 27.7 Å². The molecule has 1 aliphatic rings. The van der Waals surface area contributed by atoms with Crippen LogP contribution in [0.5, 0.6) is 0 Å². The first-order valence-electron chi connectivity index (χ1n) is 7.63. The zero-order chi connectivity index (χ0) is 16.0. The second kappa shape index (κ2) is 7.64. The Kier molecular flexibility index (Phi) is 6.45. The molecule has 0 radical (unpaired) electrons. The molecule has 0 aromatic rings. The van der Waals surface area contributed by atoms with Crippen LogP contribution in [-0.4, -0.2) is 64.8 Å². The zero-order valence-corrected chi connectivity index (χ0v) is 13.6. The zero-order valence-electron chi connectivity index (χ0n) is 13.6. The summed E-state index contributed by atoms with van der Waals surface area (Å²) in [6.45, 7) is 10.6. The number of aliphatic carboxylic acids is 1. The van der Waals surface area contributed by atoms with E-state index >= 15 is 0 Å². The van der Waals surface area contributed by atoms with Crippen molar-refractivity contribution in [2.75, 3.05) is 26.2 Å². The first-order chi connectivity index (χ1) is 9.69. The minimum Gasteiger partial charge on any atom is -0.481 e. The molecular weight excluding hydrogens is 272 g/mol. The van der Waals surface area contributed by atoms with Crippen LogP contribution in [0.3, 0.4) is 0 Å². The molecule has 0 aromatic carbocycles. The van der Waals surface area contributed by atoms with Gasteiger partial charge in [0.15, 0.2) is 0 Å². The van der Waals surface area contributed by atoms with Crippen molar-refractivity contribution in [3.63, 3.8) is 0 Å². The van der Waals surface area contributed by atoms with Crippen LogP contribution in [0.25, 0.3) is 0 Å². The first-order valence-corrected chi connectivity index (χ1v) is 7.63. The highest BCUT2D eigenvalue weighted by Crippen LogP contribution is 2.14. The summed E-state index contributed by atoms with van der Waals surface area (Å²) in [4.78, 5) is 26.7. The average molecular weight is 300 g/mol. The van der Waals surface area contributed by atoms with Crippen molar-refractivity contribution >= 4 is 12.1 Å².